The average molecular weight is 732 g/mol. The molecule has 0 fully saturated rings. The topological polar surface area (TPSA) is 9.72 Å². The molecule has 4 nitrogen and oxygen atoms in total. The number of fused-ring (bicyclic) bond motifs is 3. The van der Waals surface area contributed by atoms with Crippen molar-refractivity contribution in [3.63, 3.8) is 0 Å². The molecule has 1 unspecified atom stereocenters. The Balaban J connectivity index is 0.00000300. The minimum atomic E-state index is -0.579. The molecule has 2 atom stereocenters. The standard InChI is InChI=1S/C38H27N4.Ir/c1-42(26-25-40(29-42)32-16-6-3-7-17-32)41-24-23-39(28-41)33-18-12-15-31(27-33)38(30-13-4-2-5-14-30)36-21-10-8-19-34(36)35-20-9-11-22-37(35)38;/h2-13,15-16,18-21,23-26,28-29H,1H3;/q-5;/t38-,42?;/m0./s1. The second-order valence-electron chi connectivity index (χ2n) is 10.8. The first-order chi connectivity index (χ1) is 20.7. The molecule has 5 heteroatoms. The molecule has 0 amide bonds. The molecule has 213 valence electrons. The maximum Gasteiger partial charge on any atom is 0.106 e. The quantitative estimate of drug-likeness (QED) is 0.135. The fourth-order valence-corrected chi connectivity index (χ4v) is 6.41. The van der Waals surface area contributed by atoms with Crippen LogP contribution in [0.25, 0.3) is 11.1 Å². The maximum atomic E-state index is 3.83. The average Bonchev–Trinajstić information content (AvgIpc) is 3.78. The summed E-state index contributed by atoms with van der Waals surface area (Å²) in [5.41, 5.74) is 8.35. The number of para-hydroxylation sites is 1. The number of hydrogen-bond donors (Lipinski definition) is 0. The van der Waals surface area contributed by atoms with Gasteiger partial charge in [0.1, 0.15) is 6.20 Å². The fourth-order valence-electron chi connectivity index (χ4n) is 6.41. The van der Waals surface area contributed by atoms with Gasteiger partial charge in [-0.2, -0.15) is 103 Å². The van der Waals surface area contributed by atoms with Crippen LogP contribution in [0.4, 0.5) is 11.4 Å². The summed E-state index contributed by atoms with van der Waals surface area (Å²) in [6.07, 6.45) is 8.40. The van der Waals surface area contributed by atoms with Crippen molar-refractivity contribution in [1.29, 1.82) is 0 Å². The zero-order valence-corrected chi connectivity index (χ0v) is 25.9. The Hall–Kier alpha value is -4.41. The third-order valence-corrected chi connectivity index (χ3v) is 8.41. The number of nitrogens with zero attached hydrogens (tertiary/aromatic N) is 4. The van der Waals surface area contributed by atoms with Gasteiger partial charge < -0.3 is 19.4 Å². The Labute approximate surface area is 267 Å². The molecule has 2 aliphatic heterocycles. The summed E-state index contributed by atoms with van der Waals surface area (Å²) in [5.74, 6) is 0. The molecule has 0 saturated carbocycles. The number of benzene rings is 5. The van der Waals surface area contributed by atoms with Gasteiger partial charge in [0.2, 0.25) is 0 Å². The molecule has 0 saturated heterocycles. The first-order valence-corrected chi connectivity index (χ1v) is 14.0. The second-order valence-corrected chi connectivity index (χ2v) is 10.8. The zero-order valence-electron chi connectivity index (χ0n) is 23.5. The minimum absolute atomic E-state index is 0. The molecule has 5 aromatic rings. The van der Waals surface area contributed by atoms with E-state index in [1.54, 1.807) is 0 Å². The Bertz CT molecular complexity index is 1790. The SMILES string of the molecule is C[N+]1(N2C=CN(c3[c-]c([C@]4(c5[c-]cccc5)c5[c-]cccc5-c5ccccc54)ccc3)[CH-]2)C=CN(c2[c-]cccc2)[CH-]1.[Ir]. The van der Waals surface area contributed by atoms with Gasteiger partial charge in [0.15, 0.2) is 0 Å². The van der Waals surface area contributed by atoms with Crippen LogP contribution in [0, 0.1) is 37.6 Å². The number of hydrogen-bond acceptors (Lipinski definition) is 3. The summed E-state index contributed by atoms with van der Waals surface area (Å²) in [6.45, 7) is 4.26. The third-order valence-electron chi connectivity index (χ3n) is 8.41. The molecule has 5 aromatic carbocycles. The van der Waals surface area contributed by atoms with Crippen molar-refractivity contribution in [3.8, 4) is 11.1 Å². The van der Waals surface area contributed by atoms with E-state index in [4.69, 9.17) is 0 Å². The molecule has 0 spiro atoms. The van der Waals surface area contributed by atoms with Crippen LogP contribution in [0.5, 0.6) is 0 Å². The van der Waals surface area contributed by atoms with Crippen molar-refractivity contribution < 1.29 is 24.7 Å². The molecular weight excluding hydrogens is 705 g/mol. The Morgan fingerprint density at radius 3 is 2.23 bits per heavy atom. The van der Waals surface area contributed by atoms with Crippen molar-refractivity contribution in [2.45, 2.75) is 5.41 Å². The van der Waals surface area contributed by atoms with Gasteiger partial charge in [-0.15, -0.1) is 39.7 Å². The number of anilines is 2. The predicted molar refractivity (Wildman–Crippen MR) is 165 cm³/mol. The van der Waals surface area contributed by atoms with E-state index in [-0.39, 0.29) is 20.1 Å². The van der Waals surface area contributed by atoms with Crippen LogP contribution < -0.4 is 9.80 Å². The van der Waals surface area contributed by atoms with E-state index in [2.05, 4.69) is 157 Å². The molecule has 3 aliphatic rings. The van der Waals surface area contributed by atoms with Gasteiger partial charge in [0.05, 0.1) is 7.05 Å². The van der Waals surface area contributed by atoms with Gasteiger partial charge in [0, 0.05) is 37.9 Å². The summed E-state index contributed by atoms with van der Waals surface area (Å²) < 4.78 is 0.466. The van der Waals surface area contributed by atoms with Crippen molar-refractivity contribution in [2.75, 3.05) is 16.8 Å². The van der Waals surface area contributed by atoms with Gasteiger partial charge in [-0.25, -0.2) is 0 Å². The van der Waals surface area contributed by atoms with E-state index in [1.807, 2.05) is 36.4 Å². The normalized spacial score (nSPS) is 21.6. The van der Waals surface area contributed by atoms with Crippen LogP contribution in [0.1, 0.15) is 22.3 Å². The first kappa shape index (κ1) is 27.4. The van der Waals surface area contributed by atoms with E-state index in [9.17, 15) is 0 Å². The Morgan fingerprint density at radius 2 is 1.40 bits per heavy atom. The van der Waals surface area contributed by atoms with Crippen LogP contribution >= 0.6 is 0 Å². The van der Waals surface area contributed by atoms with Gasteiger partial charge in [-0.05, 0) is 18.4 Å². The summed E-state index contributed by atoms with van der Waals surface area (Å²) in [5, 5.41) is 2.16. The smallest absolute Gasteiger partial charge is 0.106 e. The van der Waals surface area contributed by atoms with Crippen LogP contribution in [0.15, 0.2) is 134 Å². The first-order valence-electron chi connectivity index (χ1n) is 14.0. The van der Waals surface area contributed by atoms with Gasteiger partial charge >= 0.3 is 0 Å². The van der Waals surface area contributed by atoms with Crippen LogP contribution in [-0.2, 0) is 25.5 Å². The van der Waals surface area contributed by atoms with E-state index >= 15 is 0 Å². The molecule has 0 bridgehead atoms. The molecule has 8 rings (SSSR count). The monoisotopic (exact) mass is 732 g/mol. The van der Waals surface area contributed by atoms with Gasteiger partial charge in [-0.3, -0.25) is 0 Å². The van der Waals surface area contributed by atoms with E-state index < -0.39 is 5.41 Å². The van der Waals surface area contributed by atoms with Crippen molar-refractivity contribution in [2.24, 2.45) is 0 Å². The summed E-state index contributed by atoms with van der Waals surface area (Å²) >= 11 is 0. The van der Waals surface area contributed by atoms with Crippen LogP contribution in [0.2, 0.25) is 0 Å². The largest absolute Gasteiger partial charge is 0.495 e. The van der Waals surface area contributed by atoms with Gasteiger partial charge in [0.25, 0.3) is 0 Å². The Morgan fingerprint density at radius 1 is 0.651 bits per heavy atom. The number of rotatable bonds is 5. The summed E-state index contributed by atoms with van der Waals surface area (Å²) in [7, 11) is 2.15. The van der Waals surface area contributed by atoms with Gasteiger partial charge in [-0.1, -0.05) is 36.5 Å². The molecule has 0 N–H and O–H groups in total. The molecular formula is C38H27IrN4-5. The maximum absolute atomic E-state index is 3.83. The molecule has 43 heavy (non-hydrogen) atoms. The van der Waals surface area contributed by atoms with E-state index in [0.29, 0.717) is 4.59 Å². The molecule has 2 heterocycles. The van der Waals surface area contributed by atoms with Crippen molar-refractivity contribution >= 4 is 11.4 Å². The van der Waals surface area contributed by atoms with E-state index in [1.165, 1.54) is 16.7 Å². The number of quaternary nitrogens is 1. The van der Waals surface area contributed by atoms with Crippen molar-refractivity contribution in [1.82, 2.24) is 5.01 Å². The third kappa shape index (κ3) is 4.27. The fraction of sp³-hybridized carbons (Fsp3) is 0.0526. The zero-order chi connectivity index (χ0) is 28.1. The molecule has 0 aromatic heterocycles. The predicted octanol–water partition coefficient (Wildman–Crippen LogP) is 7.43. The summed E-state index contributed by atoms with van der Waals surface area (Å²) in [6, 6.07) is 52.1. The summed E-state index contributed by atoms with van der Waals surface area (Å²) in [4.78, 5) is 4.23. The molecule has 1 radical (unpaired) electrons. The minimum Gasteiger partial charge on any atom is -0.495 e. The molecule has 1 aliphatic carbocycles. The van der Waals surface area contributed by atoms with Crippen molar-refractivity contribution in [3.05, 3.63) is 194 Å². The Kier molecular flexibility index (Phi) is 6.82. The van der Waals surface area contributed by atoms with E-state index in [0.717, 1.165) is 28.1 Å². The van der Waals surface area contributed by atoms with Crippen LogP contribution in [-0.4, -0.2) is 16.6 Å². The van der Waals surface area contributed by atoms with Crippen LogP contribution in [0.3, 0.4) is 0 Å². The second kappa shape index (κ2) is 10.7.